The van der Waals surface area contributed by atoms with Crippen LogP contribution in [-0.4, -0.2) is 37.4 Å². The first kappa shape index (κ1) is 17.8. The molecule has 0 heterocycles. The smallest absolute Gasteiger partial charge is 0.265 e. The highest BCUT2D eigenvalue weighted by Gasteiger charge is 2.26. The fraction of sp³-hybridized carbons (Fsp3) is 1.00. The van der Waals surface area contributed by atoms with Crippen molar-refractivity contribution >= 4 is 20.2 Å². The van der Waals surface area contributed by atoms with Gasteiger partial charge in [0.25, 0.3) is 20.2 Å². The molecule has 0 bridgehead atoms. The monoisotopic (exact) mass is 302 g/mol. The first-order chi connectivity index (χ1) is 8.05. The zero-order valence-electron chi connectivity index (χ0n) is 10.7. The van der Waals surface area contributed by atoms with E-state index in [1.165, 1.54) is 0 Å². The maximum Gasteiger partial charge on any atom is 0.265 e. The van der Waals surface area contributed by atoms with E-state index in [0.717, 1.165) is 19.3 Å². The Kier molecular flexibility index (Phi) is 7.34. The van der Waals surface area contributed by atoms with Crippen LogP contribution in [0.2, 0.25) is 0 Å². The van der Waals surface area contributed by atoms with Crippen LogP contribution in [0.15, 0.2) is 0 Å². The van der Waals surface area contributed by atoms with Gasteiger partial charge in [0.05, 0.1) is 11.5 Å². The SMILES string of the molecule is CCCCCC(CS(=O)(=O)O)C(C)CS(=O)(=O)O. The molecule has 0 fully saturated rings. The van der Waals surface area contributed by atoms with Crippen molar-refractivity contribution in [1.82, 2.24) is 0 Å². The van der Waals surface area contributed by atoms with Gasteiger partial charge in [0.2, 0.25) is 0 Å². The van der Waals surface area contributed by atoms with Gasteiger partial charge >= 0.3 is 0 Å². The second kappa shape index (κ2) is 7.42. The van der Waals surface area contributed by atoms with Crippen molar-refractivity contribution < 1.29 is 25.9 Å². The molecular formula is C10H22O6S2. The van der Waals surface area contributed by atoms with Gasteiger partial charge < -0.3 is 0 Å². The molecule has 2 atom stereocenters. The molecule has 0 aromatic heterocycles. The zero-order chi connectivity index (χ0) is 14.4. The van der Waals surface area contributed by atoms with Crippen molar-refractivity contribution in [2.45, 2.75) is 39.5 Å². The molecule has 6 nitrogen and oxygen atoms in total. The van der Waals surface area contributed by atoms with E-state index in [1.54, 1.807) is 6.92 Å². The summed E-state index contributed by atoms with van der Waals surface area (Å²) in [6.45, 7) is 3.56. The average Bonchev–Trinajstić information content (AvgIpc) is 2.11. The summed E-state index contributed by atoms with van der Waals surface area (Å²) in [6.07, 6.45) is 3.17. The third-order valence-corrected chi connectivity index (χ3v) is 4.68. The molecule has 0 aliphatic rings. The topological polar surface area (TPSA) is 109 Å². The maximum absolute atomic E-state index is 10.9. The lowest BCUT2D eigenvalue weighted by Crippen LogP contribution is -2.27. The van der Waals surface area contributed by atoms with Gasteiger partial charge in [-0.25, -0.2) is 0 Å². The number of hydrogen-bond donors (Lipinski definition) is 2. The summed E-state index contributed by atoms with van der Waals surface area (Å²) in [7, 11) is -8.27. The molecule has 0 aromatic rings. The first-order valence-electron chi connectivity index (χ1n) is 5.95. The van der Waals surface area contributed by atoms with Crippen LogP contribution in [0.5, 0.6) is 0 Å². The molecule has 0 amide bonds. The van der Waals surface area contributed by atoms with E-state index in [-0.39, 0.29) is 0 Å². The van der Waals surface area contributed by atoms with Gasteiger partial charge in [-0.1, -0.05) is 33.1 Å². The minimum absolute atomic E-state index is 0.464. The average molecular weight is 302 g/mol. The molecule has 0 radical (unpaired) electrons. The molecule has 8 heteroatoms. The van der Waals surface area contributed by atoms with Crippen LogP contribution < -0.4 is 0 Å². The summed E-state index contributed by atoms with van der Waals surface area (Å²) >= 11 is 0. The Balaban J connectivity index is 4.63. The molecule has 0 rings (SSSR count). The number of rotatable bonds is 9. The molecule has 0 aliphatic heterocycles. The minimum Gasteiger partial charge on any atom is -0.286 e. The van der Waals surface area contributed by atoms with Crippen LogP contribution >= 0.6 is 0 Å². The summed E-state index contributed by atoms with van der Waals surface area (Å²) in [5.74, 6) is -1.93. The molecule has 2 N–H and O–H groups in total. The highest BCUT2D eigenvalue weighted by Crippen LogP contribution is 2.22. The van der Waals surface area contributed by atoms with Crippen molar-refractivity contribution in [2.24, 2.45) is 11.8 Å². The Labute approximate surface area is 109 Å². The second-order valence-corrected chi connectivity index (χ2v) is 7.72. The van der Waals surface area contributed by atoms with Gasteiger partial charge in [-0.05, 0) is 18.3 Å². The third-order valence-electron chi connectivity index (χ3n) is 2.88. The summed E-state index contributed by atoms with van der Waals surface area (Å²) in [5.41, 5.74) is 0. The van der Waals surface area contributed by atoms with Crippen LogP contribution in [0.3, 0.4) is 0 Å². The Morgan fingerprint density at radius 2 is 1.44 bits per heavy atom. The number of unbranched alkanes of at least 4 members (excludes halogenated alkanes) is 2. The van der Waals surface area contributed by atoms with E-state index < -0.39 is 43.6 Å². The van der Waals surface area contributed by atoms with E-state index in [9.17, 15) is 16.8 Å². The Morgan fingerprint density at radius 3 is 1.83 bits per heavy atom. The Bertz CT molecular complexity index is 425. The molecule has 2 unspecified atom stereocenters. The standard InChI is InChI=1S/C10H22O6S2/c1-3-4-5-6-10(8-18(14,15)16)9(2)7-17(11,12)13/h9-10H,3-8H2,1-2H3,(H,11,12,13)(H,14,15,16). The predicted molar refractivity (Wildman–Crippen MR) is 69.6 cm³/mol. The fourth-order valence-electron chi connectivity index (χ4n) is 1.93. The third kappa shape index (κ3) is 9.81. The highest BCUT2D eigenvalue weighted by atomic mass is 32.2. The Hall–Kier alpha value is -0.180. The quantitative estimate of drug-likeness (QED) is 0.494. The first-order valence-corrected chi connectivity index (χ1v) is 9.17. The van der Waals surface area contributed by atoms with Crippen LogP contribution in [0.4, 0.5) is 0 Å². The molecular weight excluding hydrogens is 280 g/mol. The Morgan fingerprint density at radius 1 is 0.944 bits per heavy atom. The zero-order valence-corrected chi connectivity index (χ0v) is 12.4. The van der Waals surface area contributed by atoms with Gasteiger partial charge in [0.15, 0.2) is 0 Å². The van der Waals surface area contributed by atoms with Crippen molar-refractivity contribution in [1.29, 1.82) is 0 Å². The van der Waals surface area contributed by atoms with Crippen molar-refractivity contribution in [3.8, 4) is 0 Å². The van der Waals surface area contributed by atoms with E-state index in [4.69, 9.17) is 9.11 Å². The van der Waals surface area contributed by atoms with E-state index in [1.807, 2.05) is 6.92 Å². The second-order valence-electron chi connectivity index (χ2n) is 4.73. The van der Waals surface area contributed by atoms with Crippen molar-refractivity contribution in [2.75, 3.05) is 11.5 Å². The minimum atomic E-state index is -4.14. The molecule has 18 heavy (non-hydrogen) atoms. The van der Waals surface area contributed by atoms with E-state index >= 15 is 0 Å². The summed E-state index contributed by atoms with van der Waals surface area (Å²) in [5, 5.41) is 0. The molecule has 0 aliphatic carbocycles. The van der Waals surface area contributed by atoms with Gasteiger partial charge in [-0.15, -0.1) is 0 Å². The van der Waals surface area contributed by atoms with Crippen LogP contribution in [0, 0.1) is 11.8 Å². The molecule has 0 saturated heterocycles. The van der Waals surface area contributed by atoms with Crippen LogP contribution in [-0.2, 0) is 20.2 Å². The fourth-order valence-corrected chi connectivity index (χ4v) is 3.90. The van der Waals surface area contributed by atoms with Crippen LogP contribution in [0.25, 0.3) is 0 Å². The lowest BCUT2D eigenvalue weighted by molar-refractivity contribution is 0.357. The summed E-state index contributed by atoms with van der Waals surface area (Å²) in [6, 6.07) is 0. The van der Waals surface area contributed by atoms with Gasteiger partial charge in [0, 0.05) is 0 Å². The predicted octanol–water partition coefficient (Wildman–Crippen LogP) is 1.59. The number of hydrogen-bond acceptors (Lipinski definition) is 4. The summed E-state index contributed by atoms with van der Waals surface area (Å²) in [4.78, 5) is 0. The summed E-state index contributed by atoms with van der Waals surface area (Å²) < 4.78 is 61.0. The molecule has 0 saturated carbocycles. The van der Waals surface area contributed by atoms with E-state index in [2.05, 4.69) is 0 Å². The lowest BCUT2D eigenvalue weighted by Gasteiger charge is -2.21. The molecule has 110 valence electrons. The highest BCUT2D eigenvalue weighted by molar-refractivity contribution is 7.86. The van der Waals surface area contributed by atoms with Crippen LogP contribution in [0.1, 0.15) is 39.5 Å². The van der Waals surface area contributed by atoms with Gasteiger partial charge in [-0.2, -0.15) is 16.8 Å². The lowest BCUT2D eigenvalue weighted by atomic mass is 9.92. The van der Waals surface area contributed by atoms with E-state index in [0.29, 0.717) is 6.42 Å². The molecule has 0 aromatic carbocycles. The van der Waals surface area contributed by atoms with Crippen molar-refractivity contribution in [3.05, 3.63) is 0 Å². The largest absolute Gasteiger partial charge is 0.286 e. The van der Waals surface area contributed by atoms with Gasteiger partial charge in [-0.3, -0.25) is 9.11 Å². The maximum atomic E-state index is 10.9. The van der Waals surface area contributed by atoms with Crippen molar-refractivity contribution in [3.63, 3.8) is 0 Å². The normalized spacial score (nSPS) is 16.4. The molecule has 0 spiro atoms. The van der Waals surface area contributed by atoms with Gasteiger partial charge in [0.1, 0.15) is 0 Å².